The van der Waals surface area contributed by atoms with E-state index in [-0.39, 0.29) is 0 Å². The summed E-state index contributed by atoms with van der Waals surface area (Å²) in [7, 11) is 0. The van der Waals surface area contributed by atoms with Gasteiger partial charge in [-0.15, -0.1) is 0 Å². The maximum absolute atomic E-state index is 10.4. The largest absolute Gasteiger partial charge is 0.841 e. The van der Waals surface area contributed by atoms with Crippen LogP contribution in [0.15, 0.2) is 0 Å². The number of hydrogen-bond donors (Lipinski definition) is 3. The molecule has 0 bridgehead atoms. The number of carbonyl (C=O) groups is 3. The van der Waals surface area contributed by atoms with Crippen LogP contribution in [0.4, 0.5) is 9.59 Å². The summed E-state index contributed by atoms with van der Waals surface area (Å²) >= 11 is -3.55. The number of carboxylic acid groups (broad SMARTS) is 2. The van der Waals surface area contributed by atoms with E-state index in [0.29, 0.717) is 0 Å². The molecule has 0 aliphatic heterocycles. The van der Waals surface area contributed by atoms with E-state index in [2.05, 4.69) is 3.79 Å². The molecule has 0 heterocycles. The highest BCUT2D eigenvalue weighted by molar-refractivity contribution is 7.05. The molecule has 0 saturated carbocycles. The first-order chi connectivity index (χ1) is 5.49. The summed E-state index contributed by atoms with van der Waals surface area (Å²) in [6, 6.07) is 0. The maximum atomic E-state index is 10.4. The van der Waals surface area contributed by atoms with Crippen LogP contribution in [0.2, 0.25) is 0 Å². The lowest BCUT2D eigenvalue weighted by atomic mass is 10.7. The summed E-state index contributed by atoms with van der Waals surface area (Å²) < 4.78 is 4.10. The Kier molecular flexibility index (Phi) is 4.28. The zero-order chi connectivity index (χ0) is 9.72. The van der Waals surface area contributed by atoms with Crippen LogP contribution in [-0.2, 0) is 8.58 Å². The van der Waals surface area contributed by atoms with Crippen molar-refractivity contribution in [1.29, 1.82) is 0 Å². The van der Waals surface area contributed by atoms with Crippen molar-refractivity contribution in [3.05, 3.63) is 0 Å². The summed E-state index contributed by atoms with van der Waals surface area (Å²) in [4.78, 5) is 27.5. The number of nitrogens with two attached hydrogens (primary N) is 1. The van der Waals surface area contributed by atoms with Gasteiger partial charge in [0.25, 0.3) is 15.6 Å². The molecule has 0 fully saturated rings. The predicted octanol–water partition coefficient (Wildman–Crippen LogP) is -1.00. The van der Waals surface area contributed by atoms with Crippen LogP contribution in [0.3, 0.4) is 0 Å². The molecule has 0 rings (SSSR count). The van der Waals surface area contributed by atoms with E-state index in [1.165, 1.54) is 0 Å². The minimum Gasteiger partial charge on any atom is -0.602 e. The van der Waals surface area contributed by atoms with Gasteiger partial charge >= 0.3 is 14.5 Å². The normalized spacial score (nSPS) is 8.75. The molecule has 12 heavy (non-hydrogen) atoms. The molecule has 7 nitrogen and oxygen atoms in total. The Labute approximate surface area is 71.4 Å². The number of hydrogen-bond acceptors (Lipinski definition) is 5. The van der Waals surface area contributed by atoms with E-state index in [4.69, 9.17) is 15.9 Å². The minimum absolute atomic E-state index is 0.524. The van der Waals surface area contributed by atoms with Crippen molar-refractivity contribution in [3.63, 3.8) is 0 Å². The fourth-order valence-corrected chi connectivity index (χ4v) is 1.16. The molecule has 4 N–H and O–H groups in total. The van der Waals surface area contributed by atoms with Crippen molar-refractivity contribution >= 4 is 30.1 Å². The maximum Gasteiger partial charge on any atom is 0.841 e. The summed E-state index contributed by atoms with van der Waals surface area (Å²) in [5, 5.41) is 16.5. The van der Waals surface area contributed by atoms with Crippen molar-refractivity contribution in [2.75, 3.05) is 6.54 Å². The second-order valence-electron chi connectivity index (χ2n) is 1.75. The minimum atomic E-state index is -3.55. The highest BCUT2D eigenvalue weighted by Gasteiger charge is 2.46. The third-order valence-corrected chi connectivity index (χ3v) is 2.26. The van der Waals surface area contributed by atoms with Crippen molar-refractivity contribution < 1.29 is 28.4 Å². The molecule has 0 aromatic rings. The zero-order valence-electron chi connectivity index (χ0n) is 5.89. The standard InChI is InChI=1S/C2H5NO2.2CHO2.Al/c3-1-2(4)5;2*2-1-3;/h1,3H2,(H,4,5);2*(H,2,3);/q;;;+1/p-1. The number of carbonyl (C=O) groups excluding carboxylic acids is 1. The van der Waals surface area contributed by atoms with E-state index in [1.54, 1.807) is 0 Å². The van der Waals surface area contributed by atoms with Crippen LogP contribution >= 0.6 is 0 Å². The molecular formula is C4H6AlNO6. The molecule has 8 heteroatoms. The second-order valence-corrected chi connectivity index (χ2v) is 3.73. The summed E-state index contributed by atoms with van der Waals surface area (Å²) in [6.07, 6.45) is 0. The topological polar surface area (TPSA) is 127 Å². The van der Waals surface area contributed by atoms with Gasteiger partial charge in [0.05, 0.1) is 6.54 Å². The monoisotopic (exact) mass is 191 g/mol. The second kappa shape index (κ2) is 4.71. The molecule has 0 saturated heterocycles. The first kappa shape index (κ1) is 10.9. The average molecular weight is 191 g/mol. The Morgan fingerprint density at radius 2 is 1.67 bits per heavy atom. The van der Waals surface area contributed by atoms with Crippen LogP contribution in [0.25, 0.3) is 0 Å². The summed E-state index contributed by atoms with van der Waals surface area (Å²) in [6.45, 7) is -0.524. The molecule has 0 unspecified atom stereocenters. The zero-order valence-corrected chi connectivity index (χ0v) is 7.04. The van der Waals surface area contributed by atoms with Crippen LogP contribution in [0, 0.1) is 0 Å². The molecule has 0 spiro atoms. The molecule has 0 radical (unpaired) electrons. The lowest BCUT2D eigenvalue weighted by molar-refractivity contribution is -0.133. The van der Waals surface area contributed by atoms with E-state index in [1.807, 2.05) is 0 Å². The average Bonchev–Trinajstić information content (AvgIpc) is 1.98. The molecular weight excluding hydrogens is 185 g/mol. The SMILES string of the molecule is NCC(=O)[O][Al]([C](=O)O)[C](=O)O. The van der Waals surface area contributed by atoms with Gasteiger partial charge in [0.2, 0.25) is 0 Å². The van der Waals surface area contributed by atoms with Crippen molar-refractivity contribution in [2.45, 2.75) is 0 Å². The van der Waals surface area contributed by atoms with Gasteiger partial charge in [-0.2, -0.15) is 0 Å². The molecule has 0 aromatic carbocycles. The number of rotatable bonds is 4. The Morgan fingerprint density at radius 3 is 1.92 bits per heavy atom. The van der Waals surface area contributed by atoms with Gasteiger partial charge < -0.3 is 19.7 Å². The van der Waals surface area contributed by atoms with E-state index < -0.39 is 36.7 Å². The van der Waals surface area contributed by atoms with Gasteiger partial charge in [0.1, 0.15) is 0 Å². The lowest BCUT2D eigenvalue weighted by Crippen LogP contribution is -2.40. The molecule has 66 valence electrons. The highest BCUT2D eigenvalue weighted by atomic mass is 27.2. The van der Waals surface area contributed by atoms with Crippen LogP contribution in [0.1, 0.15) is 0 Å². The highest BCUT2D eigenvalue weighted by Crippen LogP contribution is 1.90. The van der Waals surface area contributed by atoms with Gasteiger partial charge in [-0.25, -0.2) is 0 Å². The third kappa shape index (κ3) is 3.34. The first-order valence-corrected chi connectivity index (χ1v) is 4.46. The van der Waals surface area contributed by atoms with Crippen molar-refractivity contribution in [3.8, 4) is 0 Å². The molecule has 0 aliphatic rings. The van der Waals surface area contributed by atoms with Crippen LogP contribution in [-0.4, -0.2) is 46.9 Å². The predicted molar refractivity (Wildman–Crippen MR) is 36.9 cm³/mol. The molecule has 0 aliphatic carbocycles. The Hall–Kier alpha value is -1.10. The van der Waals surface area contributed by atoms with Gasteiger partial charge in [-0.05, 0) is 0 Å². The Balaban J connectivity index is 4.24. The third-order valence-electron chi connectivity index (χ3n) is 0.865. The molecule has 0 atom stereocenters. The van der Waals surface area contributed by atoms with Crippen LogP contribution < -0.4 is 5.73 Å². The fourth-order valence-electron chi connectivity index (χ4n) is 0.386. The lowest BCUT2D eigenvalue weighted by Gasteiger charge is -2.03. The van der Waals surface area contributed by atoms with E-state index >= 15 is 0 Å². The van der Waals surface area contributed by atoms with Gasteiger partial charge in [-0.1, -0.05) is 0 Å². The molecule has 0 aromatic heterocycles. The van der Waals surface area contributed by atoms with Crippen molar-refractivity contribution in [2.24, 2.45) is 5.73 Å². The van der Waals surface area contributed by atoms with Crippen molar-refractivity contribution in [1.82, 2.24) is 0 Å². The van der Waals surface area contributed by atoms with E-state index in [9.17, 15) is 14.4 Å². The Bertz CT molecular complexity index is 202. The quantitative estimate of drug-likeness (QED) is 0.486. The first-order valence-electron chi connectivity index (χ1n) is 2.84. The smallest absolute Gasteiger partial charge is 0.602 e. The summed E-state index contributed by atoms with van der Waals surface area (Å²) in [5.41, 5.74) is 4.78. The summed E-state index contributed by atoms with van der Waals surface area (Å²) in [5.74, 6) is -1.02. The van der Waals surface area contributed by atoms with Gasteiger partial charge in [0, 0.05) is 0 Å². The fraction of sp³-hybridized carbons (Fsp3) is 0.250. The van der Waals surface area contributed by atoms with Gasteiger partial charge in [0.15, 0.2) is 0 Å². The van der Waals surface area contributed by atoms with Crippen LogP contribution in [0.5, 0.6) is 0 Å². The van der Waals surface area contributed by atoms with Gasteiger partial charge in [-0.3, -0.25) is 14.4 Å². The Morgan fingerprint density at radius 1 is 1.25 bits per heavy atom. The van der Waals surface area contributed by atoms with E-state index in [0.717, 1.165) is 0 Å². The molecule has 0 amide bonds.